The summed E-state index contributed by atoms with van der Waals surface area (Å²) in [6.07, 6.45) is 3.42. The molecule has 0 radical (unpaired) electrons. The molecule has 1 aromatic carbocycles. The first-order chi connectivity index (χ1) is 9.24. The average Bonchev–Trinajstić information content (AvgIpc) is 2.44. The summed E-state index contributed by atoms with van der Waals surface area (Å²) in [4.78, 5) is 13.7. The van der Waals surface area contributed by atoms with E-state index in [4.69, 9.17) is 5.11 Å². The van der Waals surface area contributed by atoms with Crippen molar-refractivity contribution in [2.75, 3.05) is 25.1 Å². The van der Waals surface area contributed by atoms with Crippen molar-refractivity contribution in [3.05, 3.63) is 29.8 Å². The summed E-state index contributed by atoms with van der Waals surface area (Å²) in [5.41, 5.74) is 2.21. The zero-order chi connectivity index (χ0) is 13.7. The first-order valence-corrected chi connectivity index (χ1v) is 6.93. The molecule has 1 aromatic rings. The van der Waals surface area contributed by atoms with Gasteiger partial charge in [-0.15, -0.1) is 0 Å². The number of benzene rings is 1. The van der Waals surface area contributed by atoms with Crippen molar-refractivity contribution in [3.63, 3.8) is 0 Å². The Hall–Kier alpha value is -1.39. The van der Waals surface area contributed by atoms with Crippen LogP contribution in [0.2, 0.25) is 0 Å². The minimum atomic E-state index is 0.119. The predicted octanol–water partition coefficient (Wildman–Crippen LogP) is 1.85. The quantitative estimate of drug-likeness (QED) is 0.769. The van der Waals surface area contributed by atoms with E-state index in [2.05, 4.69) is 11.4 Å². The molecule has 104 valence electrons. The Balaban J connectivity index is 1.98. The highest BCUT2D eigenvalue weighted by Crippen LogP contribution is 2.33. The van der Waals surface area contributed by atoms with Crippen molar-refractivity contribution in [3.8, 4) is 0 Å². The van der Waals surface area contributed by atoms with Crippen LogP contribution >= 0.6 is 0 Å². The molecule has 1 aliphatic rings. The lowest BCUT2D eigenvalue weighted by Crippen LogP contribution is -2.38. The lowest BCUT2D eigenvalue weighted by molar-refractivity contribution is -0.119. The Morgan fingerprint density at radius 2 is 2.11 bits per heavy atom. The SMILES string of the molecule is CN1C(=O)CC(NCCCCCO)c2ccccc21. The number of anilines is 1. The van der Waals surface area contributed by atoms with Gasteiger partial charge in [-0.25, -0.2) is 0 Å². The third-order valence-electron chi connectivity index (χ3n) is 3.65. The summed E-state index contributed by atoms with van der Waals surface area (Å²) < 4.78 is 0. The molecule has 19 heavy (non-hydrogen) atoms. The van der Waals surface area contributed by atoms with Gasteiger partial charge in [0.1, 0.15) is 0 Å². The Labute approximate surface area is 114 Å². The van der Waals surface area contributed by atoms with Crippen LogP contribution in [0.5, 0.6) is 0 Å². The van der Waals surface area contributed by atoms with Gasteiger partial charge in [0.25, 0.3) is 0 Å². The predicted molar refractivity (Wildman–Crippen MR) is 76.1 cm³/mol. The van der Waals surface area contributed by atoms with Gasteiger partial charge in [0.05, 0.1) is 0 Å². The fraction of sp³-hybridized carbons (Fsp3) is 0.533. The van der Waals surface area contributed by atoms with E-state index in [1.165, 1.54) is 5.56 Å². The van der Waals surface area contributed by atoms with Crippen molar-refractivity contribution in [2.24, 2.45) is 0 Å². The fourth-order valence-electron chi connectivity index (χ4n) is 2.52. The monoisotopic (exact) mass is 262 g/mol. The molecule has 4 heteroatoms. The molecule has 0 saturated carbocycles. The molecular weight excluding hydrogens is 240 g/mol. The summed E-state index contributed by atoms with van der Waals surface area (Å²) in [6.45, 7) is 1.14. The van der Waals surface area contributed by atoms with Crippen LogP contribution in [0.25, 0.3) is 0 Å². The molecule has 0 aromatic heterocycles. The first kappa shape index (κ1) is 14.0. The third kappa shape index (κ3) is 3.33. The van der Waals surface area contributed by atoms with Crippen molar-refractivity contribution < 1.29 is 9.90 Å². The lowest BCUT2D eigenvalue weighted by Gasteiger charge is -2.32. The van der Waals surface area contributed by atoms with Crippen LogP contribution in [0.1, 0.15) is 37.3 Å². The number of para-hydroxylation sites is 1. The molecule has 1 aliphatic heterocycles. The largest absolute Gasteiger partial charge is 0.396 e. The molecule has 0 fully saturated rings. The number of aliphatic hydroxyl groups excluding tert-OH is 1. The number of amides is 1. The van der Waals surface area contributed by atoms with Crippen LogP contribution in [0.15, 0.2) is 24.3 Å². The average molecular weight is 262 g/mol. The zero-order valence-electron chi connectivity index (χ0n) is 11.4. The highest BCUT2D eigenvalue weighted by Gasteiger charge is 2.28. The Bertz CT molecular complexity index is 434. The van der Waals surface area contributed by atoms with E-state index in [0.717, 1.165) is 31.5 Å². The van der Waals surface area contributed by atoms with Crippen LogP contribution in [-0.2, 0) is 4.79 Å². The topological polar surface area (TPSA) is 52.6 Å². The highest BCUT2D eigenvalue weighted by molar-refractivity contribution is 5.96. The van der Waals surface area contributed by atoms with E-state index >= 15 is 0 Å². The van der Waals surface area contributed by atoms with Gasteiger partial charge in [0.15, 0.2) is 0 Å². The molecule has 0 bridgehead atoms. The van der Waals surface area contributed by atoms with Crippen molar-refractivity contribution in [1.82, 2.24) is 5.32 Å². The molecule has 1 unspecified atom stereocenters. The number of nitrogens with zero attached hydrogens (tertiary/aromatic N) is 1. The number of carbonyl (C=O) groups excluding carboxylic acids is 1. The van der Waals surface area contributed by atoms with Gasteiger partial charge in [-0.3, -0.25) is 4.79 Å². The van der Waals surface area contributed by atoms with Gasteiger partial charge in [0.2, 0.25) is 5.91 Å². The van der Waals surface area contributed by atoms with E-state index in [1.54, 1.807) is 4.90 Å². The maximum atomic E-state index is 12.0. The molecule has 0 aliphatic carbocycles. The highest BCUT2D eigenvalue weighted by atomic mass is 16.2. The van der Waals surface area contributed by atoms with Crippen molar-refractivity contribution in [2.45, 2.75) is 31.7 Å². The summed E-state index contributed by atoms with van der Waals surface area (Å²) >= 11 is 0. The summed E-state index contributed by atoms with van der Waals surface area (Å²) in [5, 5.41) is 12.2. The number of carbonyl (C=O) groups is 1. The van der Waals surface area contributed by atoms with E-state index in [-0.39, 0.29) is 18.6 Å². The van der Waals surface area contributed by atoms with Gasteiger partial charge in [-0.1, -0.05) is 18.2 Å². The van der Waals surface area contributed by atoms with Crippen LogP contribution < -0.4 is 10.2 Å². The van der Waals surface area contributed by atoms with Gasteiger partial charge in [-0.2, -0.15) is 0 Å². The minimum Gasteiger partial charge on any atom is -0.396 e. The summed E-state index contributed by atoms with van der Waals surface area (Å²) in [6, 6.07) is 8.18. The zero-order valence-corrected chi connectivity index (χ0v) is 11.4. The number of hydrogen-bond acceptors (Lipinski definition) is 3. The Kier molecular flexibility index (Phi) is 4.93. The molecule has 0 saturated heterocycles. The van der Waals surface area contributed by atoms with E-state index in [9.17, 15) is 4.79 Å². The van der Waals surface area contributed by atoms with E-state index in [1.807, 2.05) is 25.2 Å². The summed E-state index contributed by atoms with van der Waals surface area (Å²) in [5.74, 6) is 0.159. The molecule has 2 rings (SSSR count). The molecule has 1 atom stereocenters. The summed E-state index contributed by atoms with van der Waals surface area (Å²) in [7, 11) is 1.83. The normalized spacial score (nSPS) is 18.5. The molecule has 4 nitrogen and oxygen atoms in total. The van der Waals surface area contributed by atoms with Crippen LogP contribution in [0, 0.1) is 0 Å². The van der Waals surface area contributed by atoms with Crippen LogP contribution in [0.4, 0.5) is 5.69 Å². The third-order valence-corrected chi connectivity index (χ3v) is 3.65. The van der Waals surface area contributed by atoms with E-state index < -0.39 is 0 Å². The van der Waals surface area contributed by atoms with Crippen molar-refractivity contribution in [1.29, 1.82) is 0 Å². The van der Waals surface area contributed by atoms with Crippen molar-refractivity contribution >= 4 is 11.6 Å². The van der Waals surface area contributed by atoms with E-state index in [0.29, 0.717) is 6.42 Å². The molecule has 1 heterocycles. The smallest absolute Gasteiger partial charge is 0.228 e. The number of unbranched alkanes of at least 4 members (excludes halogenated alkanes) is 2. The standard InChI is InChI=1S/C15H22N2O2/c1-17-14-8-4-3-7-12(14)13(11-15(17)19)16-9-5-2-6-10-18/h3-4,7-8,13,16,18H,2,5-6,9-11H2,1H3. The molecule has 0 spiro atoms. The number of hydrogen-bond donors (Lipinski definition) is 2. The minimum absolute atomic E-state index is 0.119. The molecular formula is C15H22N2O2. The second-order valence-electron chi connectivity index (χ2n) is 5.01. The maximum Gasteiger partial charge on any atom is 0.228 e. The number of aliphatic hydroxyl groups is 1. The maximum absolute atomic E-state index is 12.0. The Morgan fingerprint density at radius 3 is 2.89 bits per heavy atom. The Morgan fingerprint density at radius 1 is 1.32 bits per heavy atom. The number of fused-ring (bicyclic) bond motifs is 1. The first-order valence-electron chi connectivity index (χ1n) is 6.93. The fourth-order valence-corrected chi connectivity index (χ4v) is 2.52. The van der Waals surface area contributed by atoms with Crippen LogP contribution in [0.3, 0.4) is 0 Å². The molecule has 2 N–H and O–H groups in total. The second-order valence-corrected chi connectivity index (χ2v) is 5.01. The molecule has 1 amide bonds. The van der Waals surface area contributed by atoms with Gasteiger partial charge >= 0.3 is 0 Å². The number of nitrogens with one attached hydrogen (secondary N) is 1. The van der Waals surface area contributed by atoms with Gasteiger partial charge < -0.3 is 15.3 Å². The lowest BCUT2D eigenvalue weighted by atomic mass is 9.96. The second kappa shape index (κ2) is 6.68. The van der Waals surface area contributed by atoms with Gasteiger partial charge in [0, 0.05) is 31.8 Å². The van der Waals surface area contributed by atoms with Gasteiger partial charge in [-0.05, 0) is 37.4 Å². The number of rotatable bonds is 6. The van der Waals surface area contributed by atoms with Crippen LogP contribution in [-0.4, -0.2) is 31.2 Å².